The second kappa shape index (κ2) is 6.99. The third-order valence-electron chi connectivity index (χ3n) is 4.80. The largest absolute Gasteiger partial charge is 0.440 e. The van der Waals surface area contributed by atoms with Gasteiger partial charge in [0.15, 0.2) is 11.5 Å². The van der Waals surface area contributed by atoms with Crippen molar-refractivity contribution in [3.63, 3.8) is 0 Å². The van der Waals surface area contributed by atoms with Gasteiger partial charge in [0.2, 0.25) is 5.91 Å². The highest BCUT2D eigenvalue weighted by Gasteiger charge is 2.13. The highest BCUT2D eigenvalue weighted by molar-refractivity contribution is 5.92. The van der Waals surface area contributed by atoms with Crippen LogP contribution in [0.25, 0.3) is 22.1 Å². The van der Waals surface area contributed by atoms with Crippen molar-refractivity contribution in [1.29, 1.82) is 0 Å². The number of anilines is 1. The van der Waals surface area contributed by atoms with E-state index in [1.165, 1.54) is 0 Å². The van der Waals surface area contributed by atoms with Crippen LogP contribution in [0, 0.1) is 0 Å². The van der Waals surface area contributed by atoms with E-state index in [4.69, 9.17) is 4.42 Å². The lowest BCUT2D eigenvalue weighted by atomic mass is 10.2. The van der Waals surface area contributed by atoms with Gasteiger partial charge in [-0.3, -0.25) is 13.9 Å². The first-order valence-corrected chi connectivity index (χ1v) is 9.28. The lowest BCUT2D eigenvalue weighted by molar-refractivity contribution is -0.116. The molecule has 1 N–H and O–H groups in total. The molecule has 0 fully saturated rings. The van der Waals surface area contributed by atoms with Crippen molar-refractivity contribution in [1.82, 2.24) is 14.1 Å². The number of carbonyl (C=O) groups excluding carboxylic acids is 1. The highest BCUT2D eigenvalue weighted by Crippen LogP contribution is 2.23. The molecule has 2 aromatic heterocycles. The van der Waals surface area contributed by atoms with Gasteiger partial charge in [0.05, 0.1) is 11.0 Å². The molecule has 7 heteroatoms. The van der Waals surface area contributed by atoms with Gasteiger partial charge in [0.1, 0.15) is 5.52 Å². The average molecular weight is 378 g/mol. The number of nitrogens with one attached hydrogen (secondary N) is 1. The third kappa shape index (κ3) is 3.19. The van der Waals surface area contributed by atoms with E-state index < -0.39 is 0 Å². The number of rotatable bonds is 5. The van der Waals surface area contributed by atoms with E-state index in [1.54, 1.807) is 34.4 Å². The molecule has 0 bridgehead atoms. The summed E-state index contributed by atoms with van der Waals surface area (Å²) in [5.41, 5.74) is 3.62. The Balaban J connectivity index is 1.49. The summed E-state index contributed by atoms with van der Waals surface area (Å²) < 4.78 is 8.91. The van der Waals surface area contributed by atoms with Gasteiger partial charge < -0.3 is 9.73 Å². The molecule has 2 heterocycles. The summed E-state index contributed by atoms with van der Waals surface area (Å²) >= 11 is 0. The zero-order valence-corrected chi connectivity index (χ0v) is 16.1. The lowest BCUT2D eigenvalue weighted by Crippen LogP contribution is -2.24. The summed E-state index contributed by atoms with van der Waals surface area (Å²) in [6.07, 6.45) is 0.196. The number of imidazole rings is 1. The standard InChI is InChI=1S/C21H22N4O3/c1-13(2)20-23-15-12-14(8-9-18(15)28-20)22-19(26)10-11-25-17-7-5-4-6-16(17)24(3)21(25)27/h4-9,12-13H,10-11H2,1-3H3,(H,22,26). The van der Waals surface area contributed by atoms with Crippen LogP contribution < -0.4 is 11.0 Å². The van der Waals surface area contributed by atoms with Crippen LogP contribution >= 0.6 is 0 Å². The Morgan fingerprint density at radius 3 is 2.68 bits per heavy atom. The Labute approximate surface area is 161 Å². The molecule has 0 spiro atoms. The molecule has 0 saturated carbocycles. The van der Waals surface area contributed by atoms with Gasteiger partial charge in [-0.15, -0.1) is 0 Å². The number of hydrogen-bond donors (Lipinski definition) is 1. The van der Waals surface area contributed by atoms with Crippen LogP contribution in [0.15, 0.2) is 51.7 Å². The second-order valence-corrected chi connectivity index (χ2v) is 7.17. The van der Waals surface area contributed by atoms with Gasteiger partial charge in [-0.2, -0.15) is 0 Å². The van der Waals surface area contributed by atoms with Gasteiger partial charge in [0.25, 0.3) is 0 Å². The summed E-state index contributed by atoms with van der Waals surface area (Å²) in [5.74, 6) is 0.713. The maximum Gasteiger partial charge on any atom is 0.328 e. The summed E-state index contributed by atoms with van der Waals surface area (Å²) in [7, 11) is 1.74. The number of aromatic nitrogens is 3. The fourth-order valence-electron chi connectivity index (χ4n) is 3.29. The maximum absolute atomic E-state index is 12.4. The maximum atomic E-state index is 12.4. The first kappa shape index (κ1) is 18.0. The van der Waals surface area contributed by atoms with E-state index in [9.17, 15) is 9.59 Å². The molecule has 1 amide bonds. The van der Waals surface area contributed by atoms with Gasteiger partial charge in [0, 0.05) is 31.6 Å². The van der Waals surface area contributed by atoms with Crippen molar-refractivity contribution >= 4 is 33.7 Å². The zero-order valence-electron chi connectivity index (χ0n) is 16.1. The molecule has 0 radical (unpaired) electrons. The monoisotopic (exact) mass is 378 g/mol. The number of oxazole rings is 1. The Morgan fingerprint density at radius 1 is 1.18 bits per heavy atom. The molecule has 28 heavy (non-hydrogen) atoms. The van der Waals surface area contributed by atoms with Gasteiger partial charge in [-0.05, 0) is 30.3 Å². The number of hydrogen-bond acceptors (Lipinski definition) is 4. The summed E-state index contributed by atoms with van der Waals surface area (Å²) in [4.78, 5) is 29.3. The van der Waals surface area contributed by atoms with Crippen LogP contribution in [0.1, 0.15) is 32.1 Å². The van der Waals surface area contributed by atoms with Crippen LogP contribution in [0.3, 0.4) is 0 Å². The number of fused-ring (bicyclic) bond motifs is 2. The van der Waals surface area contributed by atoms with Crippen molar-refractivity contribution in [2.45, 2.75) is 32.7 Å². The molecule has 0 aliphatic heterocycles. The van der Waals surface area contributed by atoms with E-state index >= 15 is 0 Å². The van der Waals surface area contributed by atoms with E-state index in [2.05, 4.69) is 10.3 Å². The minimum Gasteiger partial charge on any atom is -0.440 e. The first-order valence-electron chi connectivity index (χ1n) is 9.28. The molecule has 0 unspecified atom stereocenters. The molecule has 2 aromatic carbocycles. The van der Waals surface area contributed by atoms with E-state index in [1.807, 2.05) is 38.1 Å². The number of para-hydroxylation sites is 2. The SMILES string of the molecule is CC(C)c1nc2cc(NC(=O)CCn3c(=O)n(C)c4ccccc43)ccc2o1. The van der Waals surface area contributed by atoms with Crippen LogP contribution in [-0.4, -0.2) is 20.0 Å². The quantitative estimate of drug-likeness (QED) is 0.575. The fraction of sp³-hybridized carbons (Fsp3) is 0.286. The highest BCUT2D eigenvalue weighted by atomic mass is 16.3. The lowest BCUT2D eigenvalue weighted by Gasteiger charge is -2.06. The van der Waals surface area contributed by atoms with Crippen LogP contribution in [0.2, 0.25) is 0 Å². The zero-order chi connectivity index (χ0) is 19.8. The number of amides is 1. The van der Waals surface area contributed by atoms with Crippen molar-refractivity contribution in [2.24, 2.45) is 7.05 Å². The van der Waals surface area contributed by atoms with Gasteiger partial charge in [-0.25, -0.2) is 9.78 Å². The predicted octanol–water partition coefficient (Wildman–Crippen LogP) is 3.63. The number of aryl methyl sites for hydroxylation is 2. The summed E-state index contributed by atoms with van der Waals surface area (Å²) in [6, 6.07) is 13.0. The first-order chi connectivity index (χ1) is 13.4. The number of carbonyl (C=O) groups is 1. The van der Waals surface area contributed by atoms with Crippen molar-refractivity contribution in [2.75, 3.05) is 5.32 Å². The van der Waals surface area contributed by atoms with Crippen molar-refractivity contribution in [3.05, 3.63) is 58.8 Å². The Hall–Kier alpha value is -3.35. The van der Waals surface area contributed by atoms with Crippen LogP contribution in [0.5, 0.6) is 0 Å². The minimum absolute atomic E-state index is 0.126. The molecule has 4 rings (SSSR count). The summed E-state index contributed by atoms with van der Waals surface area (Å²) in [5, 5.41) is 2.87. The van der Waals surface area contributed by atoms with Crippen LogP contribution in [-0.2, 0) is 18.4 Å². The number of nitrogens with zero attached hydrogens (tertiary/aromatic N) is 3. The minimum atomic E-state index is -0.160. The number of benzene rings is 2. The average Bonchev–Trinajstić information content (AvgIpc) is 3.20. The van der Waals surface area contributed by atoms with E-state index in [-0.39, 0.29) is 23.9 Å². The second-order valence-electron chi connectivity index (χ2n) is 7.17. The molecule has 0 atom stereocenters. The van der Waals surface area contributed by atoms with E-state index in [0.29, 0.717) is 29.2 Å². The smallest absolute Gasteiger partial charge is 0.328 e. The van der Waals surface area contributed by atoms with Crippen molar-refractivity contribution < 1.29 is 9.21 Å². The topological polar surface area (TPSA) is 82.1 Å². The molecular formula is C21H22N4O3. The Morgan fingerprint density at radius 2 is 1.93 bits per heavy atom. The molecule has 0 aliphatic carbocycles. The molecule has 0 aliphatic rings. The predicted molar refractivity (Wildman–Crippen MR) is 109 cm³/mol. The molecule has 0 saturated heterocycles. The van der Waals surface area contributed by atoms with Gasteiger partial charge in [-0.1, -0.05) is 26.0 Å². The molecular weight excluding hydrogens is 356 g/mol. The fourth-order valence-corrected chi connectivity index (χ4v) is 3.29. The Kier molecular flexibility index (Phi) is 4.50. The molecule has 7 nitrogen and oxygen atoms in total. The van der Waals surface area contributed by atoms with E-state index in [0.717, 1.165) is 11.0 Å². The normalized spacial score (nSPS) is 11.6. The third-order valence-corrected chi connectivity index (χ3v) is 4.80. The summed E-state index contributed by atoms with van der Waals surface area (Å²) in [6.45, 7) is 4.35. The van der Waals surface area contributed by atoms with Crippen molar-refractivity contribution in [3.8, 4) is 0 Å². The van der Waals surface area contributed by atoms with Gasteiger partial charge >= 0.3 is 5.69 Å². The van der Waals surface area contributed by atoms with Crippen LogP contribution in [0.4, 0.5) is 5.69 Å². The molecule has 144 valence electrons. The molecule has 4 aromatic rings. The Bertz CT molecular complexity index is 1230.